The number of aromatic carboxylic acids is 1. The van der Waals surface area contributed by atoms with E-state index in [1.165, 1.54) is 5.56 Å². The van der Waals surface area contributed by atoms with Crippen LogP contribution in [0.15, 0.2) is 46.9 Å². The molecule has 0 fully saturated rings. The average Bonchev–Trinajstić information content (AvgIpc) is 2.39. The Morgan fingerprint density at radius 2 is 2.00 bits per heavy atom. The molecule has 0 saturated carbocycles. The monoisotopic (exact) mass is 318 g/mol. The lowest BCUT2D eigenvalue weighted by Crippen LogP contribution is -1.99. The predicted octanol–water partition coefficient (Wildman–Crippen LogP) is 4.77. The van der Waals surface area contributed by atoms with Gasteiger partial charge in [0.25, 0.3) is 0 Å². The normalized spacial score (nSPS) is 10.4. The fourth-order valence-corrected chi connectivity index (χ4v) is 2.49. The largest absolute Gasteiger partial charge is 0.478 e. The molecule has 0 aromatic heterocycles. The summed E-state index contributed by atoms with van der Waals surface area (Å²) in [6, 6.07) is 13.4. The molecule has 2 aromatic rings. The lowest BCUT2D eigenvalue weighted by atomic mass is 9.97. The zero-order valence-corrected chi connectivity index (χ0v) is 12.3. The van der Waals surface area contributed by atoms with Crippen molar-refractivity contribution in [3.8, 4) is 11.1 Å². The average molecular weight is 319 g/mol. The Balaban J connectivity index is 2.52. The highest BCUT2D eigenvalue weighted by Gasteiger charge is 2.12. The fourth-order valence-electron chi connectivity index (χ4n) is 2.13. The van der Waals surface area contributed by atoms with Crippen LogP contribution in [0, 0.1) is 0 Å². The second-order valence-corrected chi connectivity index (χ2v) is 5.36. The molecule has 3 heteroatoms. The molecule has 98 valence electrons. The minimum absolute atomic E-state index is 0.322. The minimum Gasteiger partial charge on any atom is -0.478 e. The van der Waals surface area contributed by atoms with Crippen molar-refractivity contribution < 1.29 is 9.90 Å². The third-order valence-electron chi connectivity index (χ3n) is 2.99. The Hall–Kier alpha value is -1.61. The number of carboxylic acid groups (broad SMARTS) is 1. The lowest BCUT2D eigenvalue weighted by Gasteiger charge is -2.09. The molecule has 19 heavy (non-hydrogen) atoms. The van der Waals surface area contributed by atoms with E-state index in [0.717, 1.165) is 28.4 Å². The van der Waals surface area contributed by atoms with E-state index in [0.29, 0.717) is 5.56 Å². The molecular formula is C16H15BrO2. The molecule has 2 nitrogen and oxygen atoms in total. The van der Waals surface area contributed by atoms with E-state index in [4.69, 9.17) is 0 Å². The molecule has 2 aromatic carbocycles. The van der Waals surface area contributed by atoms with Crippen molar-refractivity contribution in [1.29, 1.82) is 0 Å². The van der Waals surface area contributed by atoms with Gasteiger partial charge in [-0.3, -0.25) is 0 Å². The van der Waals surface area contributed by atoms with Gasteiger partial charge in [-0.2, -0.15) is 0 Å². The Kier molecular flexibility index (Phi) is 4.38. The summed E-state index contributed by atoms with van der Waals surface area (Å²) in [6.07, 6.45) is 2.09. The maximum Gasteiger partial charge on any atom is 0.336 e. The Morgan fingerprint density at radius 3 is 2.68 bits per heavy atom. The SMILES string of the molecule is CCCc1cccc(-c2ccc(Br)cc2C(=O)O)c1. The van der Waals surface area contributed by atoms with Gasteiger partial charge in [-0.05, 0) is 35.2 Å². The number of benzene rings is 2. The number of aryl methyl sites for hydroxylation is 1. The summed E-state index contributed by atoms with van der Waals surface area (Å²) in [6.45, 7) is 2.13. The fraction of sp³-hybridized carbons (Fsp3) is 0.188. The van der Waals surface area contributed by atoms with Crippen LogP contribution < -0.4 is 0 Å². The van der Waals surface area contributed by atoms with Crippen LogP contribution in [-0.2, 0) is 6.42 Å². The Morgan fingerprint density at radius 1 is 1.21 bits per heavy atom. The van der Waals surface area contributed by atoms with E-state index < -0.39 is 5.97 Å². The van der Waals surface area contributed by atoms with Crippen molar-refractivity contribution in [3.63, 3.8) is 0 Å². The standard InChI is InChI=1S/C16H15BrO2/c1-2-4-11-5-3-6-12(9-11)14-8-7-13(17)10-15(14)16(18)19/h3,5-10H,2,4H2,1H3,(H,18,19). The van der Waals surface area contributed by atoms with Gasteiger partial charge in [0.2, 0.25) is 0 Å². The van der Waals surface area contributed by atoms with E-state index >= 15 is 0 Å². The molecule has 0 heterocycles. The third-order valence-corrected chi connectivity index (χ3v) is 3.48. The molecule has 0 aliphatic carbocycles. The molecule has 0 radical (unpaired) electrons. The van der Waals surface area contributed by atoms with Gasteiger partial charge in [0.15, 0.2) is 0 Å². The predicted molar refractivity (Wildman–Crippen MR) is 80.5 cm³/mol. The van der Waals surface area contributed by atoms with Gasteiger partial charge in [-0.1, -0.05) is 59.6 Å². The summed E-state index contributed by atoms with van der Waals surface area (Å²) in [5.74, 6) is -0.905. The van der Waals surface area contributed by atoms with Crippen molar-refractivity contribution in [1.82, 2.24) is 0 Å². The molecule has 0 bridgehead atoms. The van der Waals surface area contributed by atoms with Crippen molar-refractivity contribution in [2.45, 2.75) is 19.8 Å². The van der Waals surface area contributed by atoms with Gasteiger partial charge in [0.05, 0.1) is 5.56 Å². The molecule has 0 atom stereocenters. The maximum atomic E-state index is 11.3. The molecule has 0 unspecified atom stereocenters. The number of rotatable bonds is 4. The smallest absolute Gasteiger partial charge is 0.336 e. The second-order valence-electron chi connectivity index (χ2n) is 4.45. The highest BCUT2D eigenvalue weighted by molar-refractivity contribution is 9.10. The summed E-state index contributed by atoms with van der Waals surface area (Å²) < 4.78 is 0.776. The summed E-state index contributed by atoms with van der Waals surface area (Å²) in [7, 11) is 0. The first-order chi connectivity index (χ1) is 9.11. The van der Waals surface area contributed by atoms with Crippen molar-refractivity contribution in [2.24, 2.45) is 0 Å². The van der Waals surface area contributed by atoms with Crippen LogP contribution in [0.3, 0.4) is 0 Å². The topological polar surface area (TPSA) is 37.3 Å². The van der Waals surface area contributed by atoms with E-state index in [-0.39, 0.29) is 0 Å². The van der Waals surface area contributed by atoms with Crippen molar-refractivity contribution >= 4 is 21.9 Å². The molecule has 0 aliphatic heterocycles. The number of carboxylic acids is 1. The van der Waals surface area contributed by atoms with Gasteiger partial charge >= 0.3 is 5.97 Å². The molecule has 2 rings (SSSR count). The molecule has 0 aliphatic rings. The molecule has 0 amide bonds. The minimum atomic E-state index is -0.905. The van der Waals surface area contributed by atoms with E-state index in [2.05, 4.69) is 35.0 Å². The quantitative estimate of drug-likeness (QED) is 0.881. The third kappa shape index (κ3) is 3.24. The van der Waals surface area contributed by atoms with Gasteiger partial charge < -0.3 is 5.11 Å². The molecular weight excluding hydrogens is 304 g/mol. The van der Waals surface area contributed by atoms with Gasteiger partial charge in [0, 0.05) is 4.47 Å². The molecule has 0 spiro atoms. The summed E-state index contributed by atoms with van der Waals surface area (Å²) in [5, 5.41) is 9.30. The zero-order chi connectivity index (χ0) is 13.8. The van der Waals surface area contributed by atoms with Crippen molar-refractivity contribution in [2.75, 3.05) is 0 Å². The first kappa shape index (κ1) is 13.8. The number of halogens is 1. The number of hydrogen-bond acceptors (Lipinski definition) is 1. The van der Waals surface area contributed by atoms with Gasteiger partial charge in [0.1, 0.15) is 0 Å². The lowest BCUT2D eigenvalue weighted by molar-refractivity contribution is 0.0697. The number of carbonyl (C=O) groups is 1. The van der Waals surface area contributed by atoms with E-state index in [9.17, 15) is 9.90 Å². The van der Waals surface area contributed by atoms with E-state index in [1.54, 1.807) is 6.07 Å². The summed E-state index contributed by atoms with van der Waals surface area (Å²) >= 11 is 3.31. The number of hydrogen-bond donors (Lipinski definition) is 1. The van der Waals surface area contributed by atoms with Crippen LogP contribution in [0.5, 0.6) is 0 Å². The summed E-state index contributed by atoms with van der Waals surface area (Å²) in [5.41, 5.74) is 3.27. The molecule has 1 N–H and O–H groups in total. The molecule has 0 saturated heterocycles. The van der Waals surface area contributed by atoms with Gasteiger partial charge in [-0.15, -0.1) is 0 Å². The highest BCUT2D eigenvalue weighted by atomic mass is 79.9. The second kappa shape index (κ2) is 6.02. The Labute approximate surface area is 121 Å². The van der Waals surface area contributed by atoms with Crippen LogP contribution in [0.2, 0.25) is 0 Å². The zero-order valence-electron chi connectivity index (χ0n) is 10.7. The summed E-state index contributed by atoms with van der Waals surface area (Å²) in [4.78, 5) is 11.3. The van der Waals surface area contributed by atoms with Gasteiger partial charge in [-0.25, -0.2) is 4.79 Å². The van der Waals surface area contributed by atoms with Crippen molar-refractivity contribution in [3.05, 3.63) is 58.1 Å². The maximum absolute atomic E-state index is 11.3. The van der Waals surface area contributed by atoms with Crippen LogP contribution >= 0.6 is 15.9 Å². The van der Waals surface area contributed by atoms with E-state index in [1.807, 2.05) is 24.3 Å². The van der Waals surface area contributed by atoms with Crippen LogP contribution in [0.4, 0.5) is 0 Å². The highest BCUT2D eigenvalue weighted by Crippen LogP contribution is 2.27. The van der Waals surface area contributed by atoms with Crippen LogP contribution in [0.1, 0.15) is 29.3 Å². The first-order valence-corrected chi connectivity index (χ1v) is 7.03. The van der Waals surface area contributed by atoms with Crippen LogP contribution in [-0.4, -0.2) is 11.1 Å². The Bertz CT molecular complexity index is 605. The van der Waals surface area contributed by atoms with Crippen LogP contribution in [0.25, 0.3) is 11.1 Å². The first-order valence-electron chi connectivity index (χ1n) is 6.24.